The van der Waals surface area contributed by atoms with Crippen LogP contribution in [-0.4, -0.2) is 41.1 Å². The number of carbonyl (C=O) groups excluding carboxylic acids is 2. The fourth-order valence-electron chi connectivity index (χ4n) is 3.86. The Bertz CT molecular complexity index is 1160. The van der Waals surface area contributed by atoms with Crippen molar-refractivity contribution < 1.29 is 19.1 Å². The van der Waals surface area contributed by atoms with Crippen molar-refractivity contribution in [2.75, 3.05) is 14.2 Å². The number of methoxy groups -OCH3 is 2. The number of amidine groups is 1. The summed E-state index contributed by atoms with van der Waals surface area (Å²) in [6.07, 6.45) is 3.54. The van der Waals surface area contributed by atoms with Gasteiger partial charge in [0.1, 0.15) is 5.75 Å². The Hall–Kier alpha value is -3.59. The molecule has 170 valence electrons. The number of carbonyl (C=O) groups is 2. The third-order valence-electron chi connectivity index (χ3n) is 5.39. The van der Waals surface area contributed by atoms with Crippen LogP contribution in [0.3, 0.4) is 0 Å². The Labute approximate surface area is 196 Å². The van der Waals surface area contributed by atoms with Gasteiger partial charge in [0, 0.05) is 30.2 Å². The molecule has 4 rings (SSSR count). The van der Waals surface area contributed by atoms with Crippen LogP contribution in [-0.2, 0) is 20.9 Å². The molecule has 0 saturated carbocycles. The largest absolute Gasteiger partial charge is 0.496 e. The zero-order valence-corrected chi connectivity index (χ0v) is 19.4. The zero-order valence-electron chi connectivity index (χ0n) is 18.6. The van der Waals surface area contributed by atoms with Gasteiger partial charge >= 0.3 is 5.97 Å². The molecule has 0 aliphatic carbocycles. The van der Waals surface area contributed by atoms with Crippen LogP contribution < -0.4 is 10.1 Å². The van der Waals surface area contributed by atoms with Crippen molar-refractivity contribution in [1.82, 2.24) is 15.2 Å². The average molecular weight is 465 g/mol. The molecule has 9 heteroatoms. The monoisotopic (exact) mass is 464 g/mol. The first-order valence-corrected chi connectivity index (χ1v) is 11.2. The van der Waals surface area contributed by atoms with Crippen LogP contribution in [0.25, 0.3) is 0 Å². The number of pyridine rings is 1. The van der Waals surface area contributed by atoms with E-state index >= 15 is 0 Å². The Kier molecular flexibility index (Phi) is 6.79. The number of para-hydroxylation sites is 1. The number of amides is 1. The van der Waals surface area contributed by atoms with Gasteiger partial charge in [-0.25, -0.2) is 9.79 Å². The summed E-state index contributed by atoms with van der Waals surface area (Å²) in [5, 5.41) is 5.53. The Morgan fingerprint density at radius 3 is 2.73 bits per heavy atom. The SMILES string of the molecule is COC(=O)C1=C(C)N=C2SC=C(CC(=O)NCc3cccnc3)N2[C@H]1c1ccccc1OC. The van der Waals surface area contributed by atoms with E-state index in [4.69, 9.17) is 9.47 Å². The molecule has 0 saturated heterocycles. The molecular formula is C24H24N4O4S. The summed E-state index contributed by atoms with van der Waals surface area (Å²) < 4.78 is 10.7. The number of ether oxygens (including phenoxy) is 2. The number of hydrogen-bond donors (Lipinski definition) is 1. The van der Waals surface area contributed by atoms with Crippen LogP contribution in [0.2, 0.25) is 0 Å². The van der Waals surface area contributed by atoms with Crippen LogP contribution in [0.4, 0.5) is 0 Å². The van der Waals surface area contributed by atoms with E-state index in [1.54, 1.807) is 26.4 Å². The zero-order chi connectivity index (χ0) is 23.4. The Morgan fingerprint density at radius 1 is 1.18 bits per heavy atom. The predicted octanol–water partition coefficient (Wildman–Crippen LogP) is 3.54. The summed E-state index contributed by atoms with van der Waals surface area (Å²) in [4.78, 5) is 36.2. The highest BCUT2D eigenvalue weighted by atomic mass is 32.2. The molecule has 8 nitrogen and oxygen atoms in total. The minimum Gasteiger partial charge on any atom is -0.496 e. The minimum absolute atomic E-state index is 0.130. The molecule has 0 fully saturated rings. The Morgan fingerprint density at radius 2 is 2.00 bits per heavy atom. The first-order valence-electron chi connectivity index (χ1n) is 10.3. The van der Waals surface area contributed by atoms with Crippen LogP contribution in [0.15, 0.2) is 76.2 Å². The normalized spacial score (nSPS) is 17.2. The van der Waals surface area contributed by atoms with Crippen LogP contribution in [0.1, 0.15) is 30.5 Å². The molecule has 0 bridgehead atoms. The van der Waals surface area contributed by atoms with Gasteiger partial charge in [-0.1, -0.05) is 36.0 Å². The van der Waals surface area contributed by atoms with Gasteiger partial charge in [0.15, 0.2) is 5.17 Å². The Balaban J connectivity index is 1.64. The molecule has 2 aromatic rings. The van der Waals surface area contributed by atoms with Crippen LogP contribution in [0, 0.1) is 0 Å². The van der Waals surface area contributed by atoms with Gasteiger partial charge in [-0.05, 0) is 30.0 Å². The van der Waals surface area contributed by atoms with Crippen LogP contribution in [0.5, 0.6) is 5.75 Å². The molecular weight excluding hydrogens is 440 g/mol. The molecule has 3 heterocycles. The topological polar surface area (TPSA) is 93.1 Å². The molecule has 33 heavy (non-hydrogen) atoms. The number of nitrogens with one attached hydrogen (secondary N) is 1. The van der Waals surface area contributed by atoms with Crippen molar-refractivity contribution >= 4 is 28.8 Å². The highest BCUT2D eigenvalue weighted by Crippen LogP contribution is 2.46. The lowest BCUT2D eigenvalue weighted by Crippen LogP contribution is -2.38. The van der Waals surface area contributed by atoms with Gasteiger partial charge < -0.3 is 19.7 Å². The fraction of sp³-hybridized carbons (Fsp3) is 0.250. The summed E-state index contributed by atoms with van der Waals surface area (Å²) in [5.41, 5.74) is 3.44. The van der Waals surface area contributed by atoms with E-state index in [-0.39, 0.29) is 12.3 Å². The van der Waals surface area contributed by atoms with Crippen molar-refractivity contribution in [3.63, 3.8) is 0 Å². The van der Waals surface area contributed by atoms with Crippen molar-refractivity contribution in [3.05, 3.63) is 82.3 Å². The molecule has 1 aromatic heterocycles. The van der Waals surface area contributed by atoms with Gasteiger partial charge in [-0.2, -0.15) is 0 Å². The minimum atomic E-state index is -0.534. The third-order valence-corrected chi connectivity index (χ3v) is 6.28. The summed E-state index contributed by atoms with van der Waals surface area (Å²) >= 11 is 1.42. The summed E-state index contributed by atoms with van der Waals surface area (Å²) in [7, 11) is 2.94. The second kappa shape index (κ2) is 9.91. The van der Waals surface area contributed by atoms with Gasteiger partial charge in [0.2, 0.25) is 5.91 Å². The van der Waals surface area contributed by atoms with E-state index in [1.807, 2.05) is 46.7 Å². The number of aromatic nitrogens is 1. The maximum atomic E-state index is 12.8. The quantitative estimate of drug-likeness (QED) is 0.627. The molecule has 1 atom stereocenters. The number of rotatable bonds is 7. The highest BCUT2D eigenvalue weighted by molar-refractivity contribution is 8.16. The molecule has 1 N–H and O–H groups in total. The van der Waals surface area contributed by atoms with Gasteiger partial charge in [0.25, 0.3) is 0 Å². The first kappa shape index (κ1) is 22.6. The van der Waals surface area contributed by atoms with Crippen molar-refractivity contribution in [2.45, 2.75) is 25.9 Å². The second-order valence-electron chi connectivity index (χ2n) is 7.44. The smallest absolute Gasteiger partial charge is 0.338 e. The van der Waals surface area contributed by atoms with Crippen molar-refractivity contribution in [2.24, 2.45) is 4.99 Å². The lowest BCUT2D eigenvalue weighted by molar-refractivity contribution is -0.136. The first-order chi connectivity index (χ1) is 16.0. The van der Waals surface area contributed by atoms with Gasteiger partial charge in [-0.15, -0.1) is 0 Å². The molecule has 0 spiro atoms. The second-order valence-corrected chi connectivity index (χ2v) is 8.28. The number of esters is 1. The molecule has 1 amide bonds. The number of hydrogen-bond acceptors (Lipinski definition) is 8. The molecule has 2 aliphatic rings. The van der Waals surface area contributed by atoms with E-state index in [1.165, 1.54) is 18.9 Å². The average Bonchev–Trinajstić information content (AvgIpc) is 3.23. The van der Waals surface area contributed by atoms with E-state index in [2.05, 4.69) is 15.3 Å². The summed E-state index contributed by atoms with van der Waals surface area (Å²) in [5.74, 6) is 0.0235. The number of aliphatic imine (C=N–C) groups is 1. The van der Waals surface area contributed by atoms with E-state index in [0.29, 0.717) is 28.7 Å². The van der Waals surface area contributed by atoms with E-state index < -0.39 is 12.0 Å². The number of thioether (sulfide) groups is 1. The van der Waals surface area contributed by atoms with E-state index in [9.17, 15) is 9.59 Å². The van der Waals surface area contributed by atoms with Gasteiger partial charge in [-0.3, -0.25) is 9.78 Å². The van der Waals surface area contributed by atoms with Crippen LogP contribution >= 0.6 is 11.8 Å². The summed E-state index contributed by atoms with van der Waals surface area (Å²) in [6, 6.07) is 10.7. The number of fused-ring (bicyclic) bond motifs is 1. The maximum absolute atomic E-state index is 12.8. The lowest BCUT2D eigenvalue weighted by Gasteiger charge is -2.36. The maximum Gasteiger partial charge on any atom is 0.338 e. The van der Waals surface area contributed by atoms with Crippen molar-refractivity contribution in [1.29, 1.82) is 0 Å². The molecule has 1 aromatic carbocycles. The standard InChI is InChI=1S/C24H24N4O4S/c1-15-21(23(30)32-3)22(18-8-4-5-9-19(18)31-2)28-17(14-33-24(28)27-15)11-20(29)26-13-16-7-6-10-25-12-16/h4-10,12,14,22H,11,13H2,1-3H3,(H,26,29)/t22-/m0/s1. The van der Waals surface area contributed by atoms with E-state index in [0.717, 1.165) is 16.8 Å². The molecule has 0 radical (unpaired) electrons. The fourth-order valence-corrected chi connectivity index (χ4v) is 4.82. The number of allylic oxidation sites excluding steroid dienone is 1. The molecule has 2 aliphatic heterocycles. The number of benzene rings is 1. The summed E-state index contributed by atoms with van der Waals surface area (Å²) in [6.45, 7) is 2.18. The number of nitrogens with zero attached hydrogens (tertiary/aromatic N) is 3. The van der Waals surface area contributed by atoms with Crippen molar-refractivity contribution in [3.8, 4) is 5.75 Å². The third kappa shape index (κ3) is 4.63. The lowest BCUT2D eigenvalue weighted by atomic mass is 9.93. The predicted molar refractivity (Wildman–Crippen MR) is 126 cm³/mol. The van der Waals surface area contributed by atoms with Gasteiger partial charge in [0.05, 0.1) is 38.0 Å². The highest BCUT2D eigenvalue weighted by Gasteiger charge is 2.42. The molecule has 0 unspecified atom stereocenters.